The maximum Gasteiger partial charge on any atom is 0.143 e. The Bertz CT molecular complexity index is 2750. The summed E-state index contributed by atoms with van der Waals surface area (Å²) in [7, 11) is 0. The van der Waals surface area contributed by atoms with Crippen molar-refractivity contribution in [2.24, 2.45) is 0 Å². The van der Waals surface area contributed by atoms with Crippen LogP contribution >= 0.6 is 46.1 Å². The van der Waals surface area contributed by atoms with E-state index in [1.807, 2.05) is 6.92 Å². The van der Waals surface area contributed by atoms with E-state index in [0.717, 1.165) is 75.9 Å². The van der Waals surface area contributed by atoms with Crippen molar-refractivity contribution in [3.8, 4) is 42.4 Å². The lowest BCUT2D eigenvalue weighted by Gasteiger charge is -2.35. The Labute approximate surface area is 396 Å². The number of unbranched alkanes of at least 4 members (excludes halogenated alkanes) is 12. The summed E-state index contributed by atoms with van der Waals surface area (Å²) in [6.07, 6.45) is 23.5. The molecule has 9 rings (SSSR count). The topological polar surface area (TPSA) is 51.6 Å². The van der Waals surface area contributed by atoms with Gasteiger partial charge in [-0.2, -0.15) is 17.5 Å². The van der Waals surface area contributed by atoms with Gasteiger partial charge in [0.25, 0.3) is 0 Å². The zero-order valence-corrected chi connectivity index (χ0v) is 42.1. The van der Waals surface area contributed by atoms with Crippen LogP contribution in [-0.2, 0) is 10.8 Å². The van der Waals surface area contributed by atoms with Crippen molar-refractivity contribution < 1.29 is 8.78 Å². The number of hydrogen-bond donors (Lipinski definition) is 0. The SMILES string of the molecule is CCCCCCC1(CCCCCC)c2cc3c(cc2-c2c1cc(C)c1nsnc21)C(CCCCCC)(CCCCCC)c1cc(-c2cc(F)c(-c4sc(C)cc4F)s2)c2nsnc2c1-3. The molecule has 0 N–H and O–H groups in total. The van der Waals surface area contributed by atoms with Gasteiger partial charge in [0.15, 0.2) is 0 Å². The molecule has 0 fully saturated rings. The maximum absolute atomic E-state index is 16.1. The van der Waals surface area contributed by atoms with Gasteiger partial charge in [0, 0.05) is 37.3 Å². The van der Waals surface area contributed by atoms with Crippen LogP contribution in [0.2, 0.25) is 0 Å². The minimum absolute atomic E-state index is 0.128. The fourth-order valence-corrected chi connectivity index (χ4v) is 14.9. The van der Waals surface area contributed by atoms with E-state index < -0.39 is 0 Å². The van der Waals surface area contributed by atoms with Crippen molar-refractivity contribution in [2.45, 2.75) is 181 Å². The van der Waals surface area contributed by atoms with E-state index in [2.05, 4.69) is 58.9 Å². The molecular weight excluding hydrogens is 871 g/mol. The molecule has 3 aromatic carbocycles. The minimum Gasteiger partial charge on any atom is -0.205 e. The van der Waals surface area contributed by atoms with Crippen LogP contribution in [0.1, 0.15) is 189 Å². The van der Waals surface area contributed by atoms with E-state index in [1.165, 1.54) is 192 Å². The number of aromatic nitrogens is 4. The molecule has 4 aromatic heterocycles. The average molecular weight is 935 g/mol. The third kappa shape index (κ3) is 7.92. The van der Waals surface area contributed by atoms with Gasteiger partial charge in [-0.3, -0.25) is 0 Å². The lowest BCUT2D eigenvalue weighted by molar-refractivity contribution is 0.397. The third-order valence-corrected chi connectivity index (χ3v) is 18.2. The Morgan fingerprint density at radius 1 is 0.438 bits per heavy atom. The van der Waals surface area contributed by atoms with Crippen LogP contribution in [0.15, 0.2) is 36.4 Å². The van der Waals surface area contributed by atoms with E-state index in [4.69, 9.17) is 17.5 Å². The molecule has 4 heterocycles. The highest BCUT2D eigenvalue weighted by molar-refractivity contribution is 7.24. The monoisotopic (exact) mass is 934 g/mol. The first-order valence-corrected chi connectivity index (χ1v) is 27.6. The fraction of sp³-hybridized carbons (Fsp3) is 0.519. The molecule has 0 bridgehead atoms. The minimum atomic E-state index is -0.381. The van der Waals surface area contributed by atoms with Gasteiger partial charge in [0.2, 0.25) is 0 Å². The lowest BCUT2D eigenvalue weighted by Crippen LogP contribution is -2.27. The maximum atomic E-state index is 16.1. The van der Waals surface area contributed by atoms with Crippen molar-refractivity contribution in [1.82, 2.24) is 17.5 Å². The number of fused-ring (bicyclic) bond motifs is 10. The summed E-state index contributed by atoms with van der Waals surface area (Å²) >= 11 is 5.26. The molecule has 2 aliphatic rings. The van der Waals surface area contributed by atoms with Crippen LogP contribution < -0.4 is 0 Å². The second kappa shape index (κ2) is 19.4. The molecule has 0 saturated carbocycles. The summed E-state index contributed by atoms with van der Waals surface area (Å²) in [5.41, 5.74) is 16.5. The molecule has 64 heavy (non-hydrogen) atoms. The van der Waals surface area contributed by atoms with Gasteiger partial charge in [0.05, 0.1) is 33.2 Å². The lowest BCUT2D eigenvalue weighted by atomic mass is 9.68. The van der Waals surface area contributed by atoms with Crippen LogP contribution in [0.5, 0.6) is 0 Å². The van der Waals surface area contributed by atoms with Gasteiger partial charge in [-0.25, -0.2) is 8.78 Å². The molecule has 0 radical (unpaired) electrons. The molecule has 0 aliphatic heterocycles. The number of rotatable bonds is 22. The number of hydrogen-bond acceptors (Lipinski definition) is 8. The van der Waals surface area contributed by atoms with Crippen molar-refractivity contribution >= 4 is 68.2 Å². The fourth-order valence-electron chi connectivity index (χ4n) is 11.7. The Morgan fingerprint density at radius 3 is 1.34 bits per heavy atom. The Balaban J connectivity index is 1.32. The van der Waals surface area contributed by atoms with Gasteiger partial charge in [-0.1, -0.05) is 136 Å². The highest BCUT2D eigenvalue weighted by Gasteiger charge is 2.50. The van der Waals surface area contributed by atoms with Crippen molar-refractivity contribution in [2.75, 3.05) is 0 Å². The highest BCUT2D eigenvalue weighted by atomic mass is 32.1. The van der Waals surface area contributed by atoms with E-state index >= 15 is 8.78 Å². The van der Waals surface area contributed by atoms with E-state index in [1.54, 1.807) is 6.07 Å². The Morgan fingerprint density at radius 2 is 0.859 bits per heavy atom. The smallest absolute Gasteiger partial charge is 0.143 e. The second-order valence-corrected chi connectivity index (χ2v) is 22.4. The predicted molar refractivity (Wildman–Crippen MR) is 272 cm³/mol. The average Bonchev–Trinajstić information content (AvgIpc) is 4.15. The summed E-state index contributed by atoms with van der Waals surface area (Å²) < 4.78 is 51.6. The van der Waals surface area contributed by atoms with Gasteiger partial charge >= 0.3 is 0 Å². The molecule has 0 amide bonds. The third-order valence-electron chi connectivity index (χ3n) is 14.8. The number of benzene rings is 3. The molecular formula is C54H64F2N4S4. The Hall–Kier alpha value is -3.44. The summed E-state index contributed by atoms with van der Waals surface area (Å²) in [6, 6.07) is 13.3. The van der Waals surface area contributed by atoms with Crippen molar-refractivity contribution in [3.63, 3.8) is 0 Å². The first-order chi connectivity index (χ1) is 31.2. The normalized spacial score (nSPS) is 14.5. The first kappa shape index (κ1) is 45.7. The van der Waals surface area contributed by atoms with Crippen LogP contribution in [-0.4, -0.2) is 17.5 Å². The van der Waals surface area contributed by atoms with Crippen molar-refractivity contribution in [1.29, 1.82) is 0 Å². The number of aryl methyl sites for hydroxylation is 2. The zero-order chi connectivity index (χ0) is 44.6. The first-order valence-electron chi connectivity index (χ1n) is 24.5. The number of halogens is 2. The quantitative estimate of drug-likeness (QED) is 0.0636. The van der Waals surface area contributed by atoms with Crippen molar-refractivity contribution in [3.05, 3.63) is 80.7 Å². The van der Waals surface area contributed by atoms with Crippen LogP contribution in [0.3, 0.4) is 0 Å². The molecule has 0 spiro atoms. The molecule has 0 atom stereocenters. The molecule has 2 aliphatic carbocycles. The van der Waals surface area contributed by atoms with Crippen LogP contribution in [0.25, 0.3) is 64.5 Å². The second-order valence-electron chi connectivity index (χ2n) is 19.1. The van der Waals surface area contributed by atoms with E-state index in [9.17, 15) is 0 Å². The predicted octanol–water partition coefficient (Wildman–Crippen LogP) is 18.5. The van der Waals surface area contributed by atoms with Gasteiger partial charge in [-0.05, 0) is 109 Å². The van der Waals surface area contributed by atoms with Gasteiger partial charge in [-0.15, -0.1) is 22.7 Å². The largest absolute Gasteiger partial charge is 0.205 e. The van der Waals surface area contributed by atoms with E-state index in [0.29, 0.717) is 9.75 Å². The van der Waals surface area contributed by atoms with Crippen LogP contribution in [0.4, 0.5) is 8.78 Å². The summed E-state index contributed by atoms with van der Waals surface area (Å²) in [5.74, 6) is -0.742. The summed E-state index contributed by atoms with van der Waals surface area (Å²) in [5, 5.41) is 0. The van der Waals surface area contributed by atoms with E-state index in [-0.39, 0.29) is 22.5 Å². The summed E-state index contributed by atoms with van der Waals surface area (Å²) in [6.45, 7) is 13.3. The molecule has 338 valence electrons. The molecule has 0 unspecified atom stereocenters. The molecule has 7 aromatic rings. The number of nitrogens with zero attached hydrogens (tertiary/aromatic N) is 4. The standard InChI is InChI=1S/C54H64F2N4S4/c1-7-11-15-19-23-53(24-20-16-12-8-2)38-30-36-39(29-35(38)45-40(53)27-33(5)47-49(45)59-63-57-47)54(25-21-17-13-9-3,26-22-18-14-10-4)41-31-37(48-50(46(36)41)60-64-58-48)44-32-43(56)52(62-44)51-42(55)28-34(6)61-51/h27-32H,7-26H2,1-6H3. The summed E-state index contributed by atoms with van der Waals surface area (Å²) in [4.78, 5) is 2.35. The van der Waals surface area contributed by atoms with Crippen LogP contribution in [0, 0.1) is 25.5 Å². The molecule has 10 heteroatoms. The molecule has 4 nitrogen and oxygen atoms in total. The Kier molecular flexibility index (Phi) is 13.9. The number of thiophene rings is 2. The van der Waals surface area contributed by atoms with Gasteiger partial charge < -0.3 is 0 Å². The highest BCUT2D eigenvalue weighted by Crippen LogP contribution is 2.63. The van der Waals surface area contributed by atoms with Gasteiger partial charge in [0.1, 0.15) is 33.7 Å². The molecule has 0 saturated heterocycles. The zero-order valence-electron chi connectivity index (χ0n) is 38.8.